The van der Waals surface area contributed by atoms with Gasteiger partial charge < -0.3 is 5.32 Å². The predicted molar refractivity (Wildman–Crippen MR) is 91.9 cm³/mol. The average Bonchev–Trinajstić information content (AvgIpc) is 2.49. The number of halogens is 1. The highest BCUT2D eigenvalue weighted by atomic mass is 32.2. The van der Waals surface area contributed by atoms with Crippen LogP contribution in [0.15, 0.2) is 47.4 Å². The molecule has 1 amide bonds. The molecule has 0 aliphatic carbocycles. The van der Waals surface area contributed by atoms with Crippen LogP contribution in [-0.2, 0) is 14.8 Å². The van der Waals surface area contributed by atoms with Crippen LogP contribution in [0.4, 0.5) is 15.8 Å². The highest BCUT2D eigenvalue weighted by molar-refractivity contribution is 7.92. The molecule has 0 unspecified atom stereocenters. The van der Waals surface area contributed by atoms with Crippen LogP contribution in [0.5, 0.6) is 0 Å². The van der Waals surface area contributed by atoms with Gasteiger partial charge in [0.25, 0.3) is 10.0 Å². The molecular formula is C17H19FN2O3S. The number of carbonyl (C=O) groups excluding carboxylic acids is 1. The Balaban J connectivity index is 2.27. The Bertz CT molecular complexity index is 864. The molecule has 2 aromatic rings. The zero-order valence-corrected chi connectivity index (χ0v) is 14.4. The summed E-state index contributed by atoms with van der Waals surface area (Å²) in [6, 6.07) is 9.92. The number of rotatable bonds is 5. The maximum Gasteiger partial charge on any atom is 0.262 e. The van der Waals surface area contributed by atoms with E-state index < -0.39 is 15.8 Å². The number of anilines is 2. The molecule has 0 spiro atoms. The first kappa shape index (κ1) is 17.9. The van der Waals surface area contributed by atoms with Crippen LogP contribution in [0.1, 0.15) is 19.4 Å². The molecule has 2 N–H and O–H groups in total. The zero-order chi connectivity index (χ0) is 17.9. The molecule has 7 heteroatoms. The fourth-order valence-corrected chi connectivity index (χ4v) is 3.33. The summed E-state index contributed by atoms with van der Waals surface area (Å²) in [6.45, 7) is 5.11. The summed E-state index contributed by atoms with van der Waals surface area (Å²) in [5.41, 5.74) is 1.19. The van der Waals surface area contributed by atoms with E-state index in [1.54, 1.807) is 39.0 Å². The van der Waals surface area contributed by atoms with E-state index in [4.69, 9.17) is 0 Å². The summed E-state index contributed by atoms with van der Waals surface area (Å²) in [4.78, 5) is 11.6. The van der Waals surface area contributed by atoms with E-state index >= 15 is 0 Å². The molecular weight excluding hydrogens is 331 g/mol. The SMILES string of the molecule is Cc1ccc(F)cc1S(=O)(=O)Nc1cccc(NC(=O)C(C)C)c1. The van der Waals surface area contributed by atoms with Crippen LogP contribution in [0, 0.1) is 18.7 Å². The Morgan fingerprint density at radius 3 is 2.42 bits per heavy atom. The minimum atomic E-state index is -3.93. The topological polar surface area (TPSA) is 75.3 Å². The van der Waals surface area contributed by atoms with Crippen molar-refractivity contribution in [1.82, 2.24) is 0 Å². The van der Waals surface area contributed by atoms with Gasteiger partial charge in [-0.05, 0) is 42.8 Å². The summed E-state index contributed by atoms with van der Waals surface area (Å²) < 4.78 is 40.7. The van der Waals surface area contributed by atoms with E-state index in [0.29, 0.717) is 11.3 Å². The maximum absolute atomic E-state index is 13.4. The molecule has 24 heavy (non-hydrogen) atoms. The van der Waals surface area contributed by atoms with Crippen molar-refractivity contribution in [3.05, 3.63) is 53.8 Å². The van der Waals surface area contributed by atoms with Crippen LogP contribution in [-0.4, -0.2) is 14.3 Å². The van der Waals surface area contributed by atoms with E-state index in [1.165, 1.54) is 18.2 Å². The summed E-state index contributed by atoms with van der Waals surface area (Å²) in [7, 11) is -3.93. The number of sulfonamides is 1. The van der Waals surface area contributed by atoms with E-state index in [-0.39, 0.29) is 22.4 Å². The Hall–Kier alpha value is -2.41. The van der Waals surface area contributed by atoms with Gasteiger partial charge in [0.05, 0.1) is 10.6 Å². The van der Waals surface area contributed by atoms with Crippen molar-refractivity contribution in [2.75, 3.05) is 10.0 Å². The molecule has 2 rings (SSSR count). The van der Waals surface area contributed by atoms with Crippen molar-refractivity contribution in [2.24, 2.45) is 5.92 Å². The van der Waals surface area contributed by atoms with Crippen molar-refractivity contribution in [3.8, 4) is 0 Å². The molecule has 0 aliphatic rings. The normalized spacial score (nSPS) is 11.4. The van der Waals surface area contributed by atoms with E-state index in [9.17, 15) is 17.6 Å². The van der Waals surface area contributed by atoms with Gasteiger partial charge in [-0.25, -0.2) is 12.8 Å². The first-order valence-electron chi connectivity index (χ1n) is 7.39. The second kappa shape index (κ2) is 7.00. The number of nitrogens with one attached hydrogen (secondary N) is 2. The minimum absolute atomic E-state index is 0.126. The van der Waals surface area contributed by atoms with Crippen LogP contribution in [0.2, 0.25) is 0 Å². The molecule has 0 aromatic heterocycles. The molecule has 0 heterocycles. The Kier molecular flexibility index (Phi) is 5.23. The van der Waals surface area contributed by atoms with Crippen LogP contribution in [0.3, 0.4) is 0 Å². The number of carbonyl (C=O) groups is 1. The van der Waals surface area contributed by atoms with Crippen LogP contribution in [0.25, 0.3) is 0 Å². The fourth-order valence-electron chi connectivity index (χ4n) is 2.02. The summed E-state index contributed by atoms with van der Waals surface area (Å²) in [6.07, 6.45) is 0. The molecule has 0 aliphatic heterocycles. The van der Waals surface area contributed by atoms with Crippen LogP contribution >= 0.6 is 0 Å². The van der Waals surface area contributed by atoms with Crippen molar-refractivity contribution >= 4 is 27.3 Å². The third-order valence-corrected chi connectivity index (χ3v) is 4.87. The van der Waals surface area contributed by atoms with E-state index in [2.05, 4.69) is 10.0 Å². The molecule has 0 atom stereocenters. The second-order valence-corrected chi connectivity index (χ2v) is 7.39. The van der Waals surface area contributed by atoms with Gasteiger partial charge in [-0.2, -0.15) is 0 Å². The van der Waals surface area contributed by atoms with Gasteiger partial charge in [0, 0.05) is 11.6 Å². The first-order chi connectivity index (χ1) is 11.2. The van der Waals surface area contributed by atoms with Gasteiger partial charge >= 0.3 is 0 Å². The van der Waals surface area contributed by atoms with Gasteiger partial charge in [0.15, 0.2) is 0 Å². The van der Waals surface area contributed by atoms with E-state index in [1.807, 2.05) is 0 Å². The fraction of sp³-hybridized carbons (Fsp3) is 0.235. The number of hydrogen-bond acceptors (Lipinski definition) is 3. The number of benzene rings is 2. The van der Waals surface area contributed by atoms with Gasteiger partial charge in [0.2, 0.25) is 5.91 Å². The molecule has 0 saturated heterocycles. The molecule has 128 valence electrons. The van der Waals surface area contributed by atoms with Crippen LogP contribution < -0.4 is 10.0 Å². The van der Waals surface area contributed by atoms with Crippen molar-refractivity contribution in [1.29, 1.82) is 0 Å². The van der Waals surface area contributed by atoms with Gasteiger partial charge in [-0.15, -0.1) is 0 Å². The maximum atomic E-state index is 13.4. The second-order valence-electron chi connectivity index (χ2n) is 5.74. The zero-order valence-electron chi connectivity index (χ0n) is 13.6. The highest BCUT2D eigenvalue weighted by Crippen LogP contribution is 2.22. The lowest BCUT2D eigenvalue weighted by Crippen LogP contribution is -2.18. The van der Waals surface area contributed by atoms with Gasteiger partial charge in [0.1, 0.15) is 5.82 Å². The minimum Gasteiger partial charge on any atom is -0.326 e. The Labute approximate surface area is 141 Å². The quantitative estimate of drug-likeness (QED) is 0.866. The summed E-state index contributed by atoms with van der Waals surface area (Å²) in [5, 5.41) is 2.69. The average molecular weight is 350 g/mol. The molecule has 0 fully saturated rings. The number of hydrogen-bond donors (Lipinski definition) is 2. The largest absolute Gasteiger partial charge is 0.326 e. The lowest BCUT2D eigenvalue weighted by molar-refractivity contribution is -0.118. The van der Waals surface area contributed by atoms with Gasteiger partial charge in [-0.3, -0.25) is 9.52 Å². The number of amides is 1. The summed E-state index contributed by atoms with van der Waals surface area (Å²) >= 11 is 0. The molecule has 5 nitrogen and oxygen atoms in total. The molecule has 2 aromatic carbocycles. The van der Waals surface area contributed by atoms with Crippen molar-refractivity contribution in [2.45, 2.75) is 25.7 Å². The first-order valence-corrected chi connectivity index (χ1v) is 8.87. The summed E-state index contributed by atoms with van der Waals surface area (Å²) in [5.74, 6) is -0.991. The lowest BCUT2D eigenvalue weighted by Gasteiger charge is -2.12. The molecule has 0 bridgehead atoms. The monoisotopic (exact) mass is 350 g/mol. The van der Waals surface area contributed by atoms with Crippen molar-refractivity contribution in [3.63, 3.8) is 0 Å². The smallest absolute Gasteiger partial charge is 0.262 e. The van der Waals surface area contributed by atoms with Crippen molar-refractivity contribution < 1.29 is 17.6 Å². The van der Waals surface area contributed by atoms with Gasteiger partial charge in [-0.1, -0.05) is 26.0 Å². The standard InChI is InChI=1S/C17H19FN2O3S/c1-11(2)17(21)19-14-5-4-6-15(10-14)20-24(22,23)16-9-13(18)8-7-12(16)3/h4-11,20H,1-3H3,(H,19,21). The predicted octanol–water partition coefficient (Wildman–Crippen LogP) is 3.53. The third-order valence-electron chi connectivity index (χ3n) is 3.35. The molecule has 0 saturated carbocycles. The van der Waals surface area contributed by atoms with E-state index in [0.717, 1.165) is 6.07 Å². The Morgan fingerprint density at radius 1 is 1.08 bits per heavy atom. The number of aryl methyl sites for hydroxylation is 1. The highest BCUT2D eigenvalue weighted by Gasteiger charge is 2.18. The lowest BCUT2D eigenvalue weighted by atomic mass is 10.2. The Morgan fingerprint density at radius 2 is 1.75 bits per heavy atom. The third kappa shape index (κ3) is 4.32. The molecule has 0 radical (unpaired) electrons.